The molecule has 0 fully saturated rings. The number of para-hydroxylation sites is 1. The molecule has 0 atom stereocenters. The largest absolute Gasteiger partial charge is 0.240 e. The van der Waals surface area contributed by atoms with E-state index in [1.54, 1.807) is 0 Å². The highest BCUT2D eigenvalue weighted by Crippen LogP contribution is 2.19. The second-order valence-corrected chi connectivity index (χ2v) is 4.50. The van der Waals surface area contributed by atoms with Crippen molar-refractivity contribution in [2.75, 3.05) is 0 Å². The third kappa shape index (κ3) is 2.78. The lowest BCUT2D eigenvalue weighted by molar-refractivity contribution is 0.548. The van der Waals surface area contributed by atoms with Crippen LogP contribution < -0.4 is 0 Å². The number of fused-ring (bicyclic) bond motifs is 1. The highest BCUT2D eigenvalue weighted by molar-refractivity contribution is 5.77. The molecular formula is C14H20N2. The minimum absolute atomic E-state index is 0.0179. The van der Waals surface area contributed by atoms with Gasteiger partial charge in [-0.1, -0.05) is 52.8 Å². The maximum Gasteiger partial charge on any atom is 0.134 e. The van der Waals surface area contributed by atoms with E-state index in [1.807, 2.05) is 44.3 Å². The summed E-state index contributed by atoms with van der Waals surface area (Å²) in [6.45, 7) is 10.4. The van der Waals surface area contributed by atoms with Crippen LogP contribution in [-0.4, -0.2) is 9.97 Å². The molecule has 1 heterocycles. The molecule has 0 bridgehead atoms. The Morgan fingerprint density at radius 2 is 1.62 bits per heavy atom. The lowest BCUT2D eigenvalue weighted by atomic mass is 9.95. The molecule has 2 rings (SSSR count). The van der Waals surface area contributed by atoms with E-state index in [0.29, 0.717) is 0 Å². The van der Waals surface area contributed by atoms with Crippen molar-refractivity contribution in [1.82, 2.24) is 9.97 Å². The highest BCUT2D eigenvalue weighted by atomic mass is 14.9. The summed E-state index contributed by atoms with van der Waals surface area (Å²) in [4.78, 5) is 8.90. The Labute approximate surface area is 97.7 Å². The molecule has 1 aromatic carbocycles. The van der Waals surface area contributed by atoms with Crippen LogP contribution in [0.25, 0.3) is 10.9 Å². The summed E-state index contributed by atoms with van der Waals surface area (Å²) < 4.78 is 0. The number of hydrogen-bond donors (Lipinski definition) is 0. The Bertz CT molecular complexity index is 455. The molecule has 16 heavy (non-hydrogen) atoms. The first-order valence-corrected chi connectivity index (χ1v) is 5.80. The number of nitrogens with zero attached hydrogens (tertiary/aromatic N) is 2. The zero-order valence-corrected chi connectivity index (χ0v) is 10.8. The van der Waals surface area contributed by atoms with Gasteiger partial charge in [-0.15, -0.1) is 0 Å². The van der Waals surface area contributed by atoms with Crippen LogP contribution in [-0.2, 0) is 5.41 Å². The van der Waals surface area contributed by atoms with E-state index in [9.17, 15) is 0 Å². The third-order valence-electron chi connectivity index (χ3n) is 2.16. The molecule has 0 aliphatic rings. The zero-order chi connectivity index (χ0) is 12.2. The van der Waals surface area contributed by atoms with Crippen LogP contribution in [0, 0.1) is 0 Å². The summed E-state index contributed by atoms with van der Waals surface area (Å²) >= 11 is 0. The topological polar surface area (TPSA) is 25.8 Å². The van der Waals surface area contributed by atoms with Gasteiger partial charge < -0.3 is 0 Å². The highest BCUT2D eigenvalue weighted by Gasteiger charge is 2.16. The molecular weight excluding hydrogens is 196 g/mol. The summed E-state index contributed by atoms with van der Waals surface area (Å²) in [5.41, 5.74) is 1.04. The van der Waals surface area contributed by atoms with Crippen LogP contribution in [0.15, 0.2) is 30.5 Å². The van der Waals surface area contributed by atoms with Gasteiger partial charge in [-0.3, -0.25) is 0 Å². The first kappa shape index (κ1) is 12.6. The van der Waals surface area contributed by atoms with E-state index in [1.165, 1.54) is 0 Å². The molecule has 0 radical (unpaired) electrons. The smallest absolute Gasteiger partial charge is 0.134 e. The van der Waals surface area contributed by atoms with Crippen molar-refractivity contribution >= 4 is 10.9 Å². The average molecular weight is 216 g/mol. The third-order valence-corrected chi connectivity index (χ3v) is 2.16. The van der Waals surface area contributed by atoms with E-state index in [2.05, 4.69) is 30.7 Å². The van der Waals surface area contributed by atoms with Crippen LogP contribution in [0.4, 0.5) is 0 Å². The quantitative estimate of drug-likeness (QED) is 0.666. The lowest BCUT2D eigenvalue weighted by Gasteiger charge is -2.16. The second-order valence-electron chi connectivity index (χ2n) is 4.50. The van der Waals surface area contributed by atoms with Gasteiger partial charge in [-0.25, -0.2) is 9.97 Å². The molecule has 86 valence electrons. The summed E-state index contributed by atoms with van der Waals surface area (Å²) in [6, 6.07) is 8.05. The summed E-state index contributed by atoms with van der Waals surface area (Å²) in [5.74, 6) is 0.899. The van der Waals surface area contributed by atoms with Crippen molar-refractivity contribution in [2.24, 2.45) is 0 Å². The van der Waals surface area contributed by atoms with Gasteiger partial charge in [0.2, 0.25) is 0 Å². The number of rotatable bonds is 0. The summed E-state index contributed by atoms with van der Waals surface area (Å²) in [7, 11) is 0. The Kier molecular flexibility index (Phi) is 3.99. The first-order valence-electron chi connectivity index (χ1n) is 5.80. The van der Waals surface area contributed by atoms with Gasteiger partial charge >= 0.3 is 0 Å². The van der Waals surface area contributed by atoms with Crippen molar-refractivity contribution in [1.29, 1.82) is 0 Å². The van der Waals surface area contributed by atoms with Gasteiger partial charge in [0.15, 0.2) is 0 Å². The molecule has 0 spiro atoms. The molecule has 0 saturated heterocycles. The molecule has 0 N–H and O–H groups in total. The van der Waals surface area contributed by atoms with Crippen molar-refractivity contribution in [3.05, 3.63) is 36.3 Å². The molecule has 2 nitrogen and oxygen atoms in total. The van der Waals surface area contributed by atoms with Crippen molar-refractivity contribution in [2.45, 2.75) is 40.0 Å². The number of benzene rings is 1. The van der Waals surface area contributed by atoms with E-state index in [0.717, 1.165) is 16.7 Å². The van der Waals surface area contributed by atoms with Crippen LogP contribution in [0.2, 0.25) is 0 Å². The monoisotopic (exact) mass is 216 g/mol. The number of hydrogen-bond acceptors (Lipinski definition) is 2. The fourth-order valence-electron chi connectivity index (χ4n) is 1.33. The van der Waals surface area contributed by atoms with Gasteiger partial charge in [-0.2, -0.15) is 0 Å². The molecule has 0 aliphatic heterocycles. The van der Waals surface area contributed by atoms with Crippen molar-refractivity contribution < 1.29 is 0 Å². The zero-order valence-electron chi connectivity index (χ0n) is 10.8. The van der Waals surface area contributed by atoms with Gasteiger partial charge in [0.25, 0.3) is 0 Å². The fraction of sp³-hybridized carbons (Fsp3) is 0.429. The molecule has 0 unspecified atom stereocenters. The molecule has 1 aromatic heterocycles. The van der Waals surface area contributed by atoms with Crippen LogP contribution in [0.3, 0.4) is 0 Å². The van der Waals surface area contributed by atoms with Gasteiger partial charge in [-0.05, 0) is 6.07 Å². The van der Waals surface area contributed by atoms with Gasteiger partial charge in [0.1, 0.15) is 5.82 Å². The minimum Gasteiger partial charge on any atom is -0.240 e. The van der Waals surface area contributed by atoms with Crippen LogP contribution in [0.1, 0.15) is 40.4 Å². The first-order chi connectivity index (χ1) is 7.57. The minimum atomic E-state index is 0.0179. The maximum absolute atomic E-state index is 4.54. The van der Waals surface area contributed by atoms with Gasteiger partial charge in [0, 0.05) is 17.0 Å². The van der Waals surface area contributed by atoms with Gasteiger partial charge in [0.05, 0.1) is 5.52 Å². The fourth-order valence-corrected chi connectivity index (χ4v) is 1.33. The molecule has 0 aliphatic carbocycles. The number of aromatic nitrogens is 2. The molecule has 0 amide bonds. The lowest BCUT2D eigenvalue weighted by Crippen LogP contribution is -2.15. The Balaban J connectivity index is 0.000000606. The van der Waals surface area contributed by atoms with E-state index in [-0.39, 0.29) is 5.41 Å². The molecule has 0 saturated carbocycles. The molecule has 2 aromatic rings. The predicted molar refractivity (Wildman–Crippen MR) is 69.6 cm³/mol. The Morgan fingerprint density at radius 3 is 2.25 bits per heavy atom. The van der Waals surface area contributed by atoms with Crippen molar-refractivity contribution in [3.63, 3.8) is 0 Å². The van der Waals surface area contributed by atoms with E-state index in [4.69, 9.17) is 0 Å². The predicted octanol–water partition coefficient (Wildman–Crippen LogP) is 3.95. The van der Waals surface area contributed by atoms with Crippen molar-refractivity contribution in [3.8, 4) is 0 Å². The average Bonchev–Trinajstić information content (AvgIpc) is 2.30. The Hall–Kier alpha value is -1.44. The Morgan fingerprint density at radius 1 is 1.00 bits per heavy atom. The maximum atomic E-state index is 4.54. The normalized spacial score (nSPS) is 10.8. The summed E-state index contributed by atoms with van der Waals surface area (Å²) in [6.07, 6.45) is 1.89. The standard InChI is InChI=1S/C12H14N2.C2H6/c1-12(2,3)11-13-8-9-6-4-5-7-10(9)14-11;1-2/h4-8H,1-3H3;1-2H3. The van der Waals surface area contributed by atoms with Crippen LogP contribution >= 0.6 is 0 Å². The summed E-state index contributed by atoms with van der Waals surface area (Å²) in [5, 5.41) is 1.10. The van der Waals surface area contributed by atoms with E-state index < -0.39 is 0 Å². The van der Waals surface area contributed by atoms with Crippen LogP contribution in [0.5, 0.6) is 0 Å². The van der Waals surface area contributed by atoms with E-state index >= 15 is 0 Å². The SMILES string of the molecule is CC.CC(C)(C)c1ncc2ccccc2n1. The molecule has 2 heteroatoms. The second kappa shape index (κ2) is 5.06.